The van der Waals surface area contributed by atoms with E-state index in [4.69, 9.17) is 0 Å². The first kappa shape index (κ1) is 9.18. The molecule has 9 heavy (non-hydrogen) atoms. The molecule has 0 amide bonds. The predicted molar refractivity (Wildman–Crippen MR) is 46.5 cm³/mol. The van der Waals surface area contributed by atoms with Crippen LogP contribution in [0, 0.1) is 0 Å². The highest BCUT2D eigenvalue weighted by Gasteiger charge is 2.10. The Morgan fingerprint density at radius 3 is 1.78 bits per heavy atom. The van der Waals surface area contributed by atoms with Crippen molar-refractivity contribution < 1.29 is 0 Å². The maximum absolute atomic E-state index is 3.52. The van der Waals surface area contributed by atoms with Crippen molar-refractivity contribution in [2.45, 2.75) is 45.7 Å². The molecule has 1 N–H and O–H groups in total. The van der Waals surface area contributed by atoms with Crippen LogP contribution in [0.3, 0.4) is 0 Å². The summed E-state index contributed by atoms with van der Waals surface area (Å²) in [6, 6.07) is 0.677. The Bertz CT molecular complexity index is 73.5. The molecular formula is C7H19NSi. The van der Waals surface area contributed by atoms with Gasteiger partial charge in [-0.05, 0) is 11.1 Å². The van der Waals surface area contributed by atoms with Gasteiger partial charge in [-0.15, -0.1) is 0 Å². The second-order valence-corrected chi connectivity index (χ2v) is 6.98. The van der Waals surface area contributed by atoms with Crippen molar-refractivity contribution in [2.24, 2.45) is 0 Å². The van der Waals surface area contributed by atoms with Crippen molar-refractivity contribution in [3.8, 4) is 0 Å². The number of hydrogen-bond donors (Lipinski definition) is 1. The first-order valence-electron chi connectivity index (χ1n) is 3.65. The number of nitrogens with one attached hydrogen (secondary N) is 1. The van der Waals surface area contributed by atoms with Gasteiger partial charge in [-0.25, -0.2) is 0 Å². The SMILES string of the molecule is CC(C)N[SiH2]C(C)(C)C. The van der Waals surface area contributed by atoms with E-state index in [1.807, 2.05) is 0 Å². The Morgan fingerprint density at radius 2 is 1.67 bits per heavy atom. The summed E-state index contributed by atoms with van der Waals surface area (Å²) in [4.78, 5) is 3.52. The van der Waals surface area contributed by atoms with E-state index in [9.17, 15) is 0 Å². The average molecular weight is 145 g/mol. The van der Waals surface area contributed by atoms with Crippen LogP contribution in [-0.2, 0) is 0 Å². The molecule has 0 aromatic carbocycles. The maximum atomic E-state index is 3.52. The van der Waals surface area contributed by atoms with Gasteiger partial charge < -0.3 is 4.98 Å². The van der Waals surface area contributed by atoms with Gasteiger partial charge in [-0.2, -0.15) is 0 Å². The van der Waals surface area contributed by atoms with Gasteiger partial charge in [-0.3, -0.25) is 0 Å². The van der Waals surface area contributed by atoms with Gasteiger partial charge in [0.15, 0.2) is 0 Å². The average Bonchev–Trinajstić information content (AvgIpc) is 1.59. The van der Waals surface area contributed by atoms with E-state index >= 15 is 0 Å². The minimum Gasteiger partial charge on any atom is -0.340 e. The highest BCUT2D eigenvalue weighted by atomic mass is 28.2. The van der Waals surface area contributed by atoms with Crippen LogP contribution in [0.1, 0.15) is 34.6 Å². The summed E-state index contributed by atoms with van der Waals surface area (Å²) < 4.78 is 0. The number of rotatable bonds is 2. The van der Waals surface area contributed by atoms with Gasteiger partial charge in [0.05, 0.1) is 9.68 Å². The van der Waals surface area contributed by atoms with E-state index in [0.717, 1.165) is 0 Å². The molecule has 1 nitrogen and oxygen atoms in total. The van der Waals surface area contributed by atoms with Crippen LogP contribution >= 0.6 is 0 Å². The van der Waals surface area contributed by atoms with Crippen LogP contribution < -0.4 is 4.98 Å². The highest BCUT2D eigenvalue weighted by molar-refractivity contribution is 6.36. The molecular weight excluding hydrogens is 126 g/mol. The normalized spacial score (nSPS) is 14.0. The molecule has 0 atom stereocenters. The summed E-state index contributed by atoms with van der Waals surface area (Å²) in [6.07, 6.45) is 0. The minimum absolute atomic E-state index is 0.0478. The third-order valence-corrected chi connectivity index (χ3v) is 3.12. The van der Waals surface area contributed by atoms with Gasteiger partial charge in [-0.1, -0.05) is 34.6 Å². The van der Waals surface area contributed by atoms with Crippen LogP contribution in [0.25, 0.3) is 0 Å². The Morgan fingerprint density at radius 1 is 1.22 bits per heavy atom. The molecule has 0 saturated heterocycles. The van der Waals surface area contributed by atoms with Crippen molar-refractivity contribution in [1.29, 1.82) is 0 Å². The standard InChI is InChI=1S/C7H19NSi/c1-6(2)8-9-7(3,4)5/h6,8H,9H2,1-5H3. The Kier molecular flexibility index (Phi) is 3.44. The summed E-state index contributed by atoms with van der Waals surface area (Å²) in [6.45, 7) is 11.3. The molecule has 0 unspecified atom stereocenters. The van der Waals surface area contributed by atoms with Gasteiger partial charge in [0.2, 0.25) is 0 Å². The zero-order valence-electron chi connectivity index (χ0n) is 7.28. The fourth-order valence-electron chi connectivity index (χ4n) is 0.510. The Labute approximate surface area is 61.1 Å². The van der Waals surface area contributed by atoms with Gasteiger partial charge in [0, 0.05) is 0 Å². The minimum atomic E-state index is -0.0478. The molecule has 0 aromatic rings. The fourth-order valence-corrected chi connectivity index (χ4v) is 1.53. The lowest BCUT2D eigenvalue weighted by Crippen LogP contribution is -2.32. The van der Waals surface area contributed by atoms with Crippen LogP contribution in [-0.4, -0.2) is 15.7 Å². The van der Waals surface area contributed by atoms with Crippen molar-refractivity contribution >= 4 is 9.68 Å². The lowest BCUT2D eigenvalue weighted by molar-refractivity contribution is 0.684. The second kappa shape index (κ2) is 3.37. The summed E-state index contributed by atoms with van der Waals surface area (Å²) >= 11 is 0. The third kappa shape index (κ3) is 8.18. The van der Waals surface area contributed by atoms with Gasteiger partial charge in [0.1, 0.15) is 0 Å². The second-order valence-electron chi connectivity index (χ2n) is 4.10. The van der Waals surface area contributed by atoms with E-state index in [2.05, 4.69) is 39.6 Å². The largest absolute Gasteiger partial charge is 0.340 e. The van der Waals surface area contributed by atoms with Crippen molar-refractivity contribution in [1.82, 2.24) is 4.98 Å². The zero-order valence-corrected chi connectivity index (χ0v) is 8.70. The molecule has 0 radical (unpaired) electrons. The monoisotopic (exact) mass is 145 g/mol. The lowest BCUT2D eigenvalue weighted by Gasteiger charge is -2.19. The molecule has 0 saturated carbocycles. The van der Waals surface area contributed by atoms with Crippen molar-refractivity contribution in [2.75, 3.05) is 0 Å². The van der Waals surface area contributed by atoms with E-state index in [-0.39, 0.29) is 9.68 Å². The van der Waals surface area contributed by atoms with Crippen molar-refractivity contribution in [3.05, 3.63) is 0 Å². The Balaban J connectivity index is 3.28. The van der Waals surface area contributed by atoms with E-state index in [1.54, 1.807) is 0 Å². The van der Waals surface area contributed by atoms with Crippen LogP contribution in [0.4, 0.5) is 0 Å². The molecule has 0 aliphatic carbocycles. The van der Waals surface area contributed by atoms with E-state index < -0.39 is 0 Å². The molecule has 0 bridgehead atoms. The van der Waals surface area contributed by atoms with E-state index in [0.29, 0.717) is 11.1 Å². The molecule has 2 heteroatoms. The van der Waals surface area contributed by atoms with Gasteiger partial charge >= 0.3 is 0 Å². The van der Waals surface area contributed by atoms with Crippen LogP contribution in [0.5, 0.6) is 0 Å². The predicted octanol–water partition coefficient (Wildman–Crippen LogP) is 1.29. The molecule has 0 fully saturated rings. The van der Waals surface area contributed by atoms with Crippen molar-refractivity contribution in [3.63, 3.8) is 0 Å². The van der Waals surface area contributed by atoms with E-state index in [1.165, 1.54) is 0 Å². The molecule has 0 spiro atoms. The summed E-state index contributed by atoms with van der Waals surface area (Å²) in [7, 11) is -0.0478. The zero-order chi connectivity index (χ0) is 7.49. The summed E-state index contributed by atoms with van der Waals surface area (Å²) in [5.74, 6) is 0. The third-order valence-electron chi connectivity index (χ3n) is 1.04. The molecule has 56 valence electrons. The smallest absolute Gasteiger partial charge is 0.0972 e. The van der Waals surface area contributed by atoms with Crippen LogP contribution in [0.2, 0.25) is 5.04 Å². The lowest BCUT2D eigenvalue weighted by atomic mass is 10.3. The molecule has 0 aliphatic heterocycles. The molecule has 0 heterocycles. The summed E-state index contributed by atoms with van der Waals surface area (Å²) in [5, 5.41) is 0.560. The first-order chi connectivity index (χ1) is 3.92. The summed E-state index contributed by atoms with van der Waals surface area (Å²) in [5.41, 5.74) is 0. The maximum Gasteiger partial charge on any atom is 0.0972 e. The molecule has 0 aliphatic rings. The number of hydrogen-bond acceptors (Lipinski definition) is 1. The quantitative estimate of drug-likeness (QED) is 0.577. The highest BCUT2D eigenvalue weighted by Crippen LogP contribution is 2.18. The Hall–Kier alpha value is 0.177. The molecule has 0 rings (SSSR count). The molecule has 0 aromatic heterocycles. The first-order valence-corrected chi connectivity index (χ1v) is 5.06. The fraction of sp³-hybridized carbons (Fsp3) is 1.00. The van der Waals surface area contributed by atoms with Gasteiger partial charge in [0.25, 0.3) is 0 Å². The van der Waals surface area contributed by atoms with Crippen LogP contribution in [0.15, 0.2) is 0 Å². The topological polar surface area (TPSA) is 12.0 Å².